The van der Waals surface area contributed by atoms with Crippen LogP contribution in [0.5, 0.6) is 0 Å². The molecule has 27 heavy (non-hydrogen) atoms. The van der Waals surface area contributed by atoms with Crippen LogP contribution in [0.1, 0.15) is 11.7 Å². The summed E-state index contributed by atoms with van der Waals surface area (Å²) in [5, 5.41) is 17.6. The normalized spacial score (nSPS) is 14.0. The maximum Gasteiger partial charge on any atom is 0.253 e. The number of hydrogen-bond donors (Lipinski definition) is 3. The van der Waals surface area contributed by atoms with Gasteiger partial charge in [0.25, 0.3) is 5.91 Å². The molecule has 0 saturated heterocycles. The molecule has 0 aliphatic carbocycles. The van der Waals surface area contributed by atoms with Crippen molar-refractivity contribution in [3.05, 3.63) is 54.1 Å². The van der Waals surface area contributed by atoms with Crippen molar-refractivity contribution >= 4 is 39.1 Å². The first kappa shape index (κ1) is 21.6. The van der Waals surface area contributed by atoms with Gasteiger partial charge in [-0.2, -0.15) is 0 Å². The molecule has 0 spiro atoms. The van der Waals surface area contributed by atoms with Crippen molar-refractivity contribution in [3.63, 3.8) is 0 Å². The summed E-state index contributed by atoms with van der Waals surface area (Å²) in [6.07, 6.45) is -1.30. The van der Waals surface area contributed by atoms with Gasteiger partial charge in [-0.15, -0.1) is 0 Å². The fourth-order valence-electron chi connectivity index (χ4n) is 2.39. The lowest BCUT2D eigenvalue weighted by atomic mass is 9.99. The molecule has 0 radical (unpaired) electrons. The molecule has 2 atom stereocenters. The van der Waals surface area contributed by atoms with Crippen LogP contribution in [0.25, 0.3) is 11.1 Å². The summed E-state index contributed by atoms with van der Waals surface area (Å²) in [6.45, 7) is -1.01. The molecular weight excluding hydrogens is 418 g/mol. The summed E-state index contributed by atoms with van der Waals surface area (Å²) in [4.78, 5) is 10.1. The SMILES string of the molecule is NS(=O)(=O)c1ccc(-c2ccc(C(O)C(CF)NC(=O)C(Cl)Cl)cc2)cc1. The van der Waals surface area contributed by atoms with Crippen LogP contribution in [-0.2, 0) is 14.8 Å². The quantitative estimate of drug-likeness (QED) is 0.580. The molecule has 0 fully saturated rings. The average molecular weight is 435 g/mol. The van der Waals surface area contributed by atoms with Gasteiger partial charge in [0, 0.05) is 0 Å². The number of rotatable bonds is 7. The molecular formula is C17H17Cl2FN2O4S. The Morgan fingerprint density at radius 1 is 1.07 bits per heavy atom. The maximum absolute atomic E-state index is 13.2. The molecule has 4 N–H and O–H groups in total. The van der Waals surface area contributed by atoms with Gasteiger partial charge in [0.1, 0.15) is 12.8 Å². The maximum atomic E-state index is 13.2. The van der Waals surface area contributed by atoms with Crippen molar-refractivity contribution in [2.45, 2.75) is 21.9 Å². The summed E-state index contributed by atoms with van der Waals surface area (Å²) in [5.74, 6) is -0.799. The minimum atomic E-state index is -3.77. The van der Waals surface area contributed by atoms with E-state index in [1.807, 2.05) is 0 Å². The van der Waals surface area contributed by atoms with E-state index in [1.165, 1.54) is 12.1 Å². The van der Waals surface area contributed by atoms with Gasteiger partial charge in [-0.1, -0.05) is 59.6 Å². The topological polar surface area (TPSA) is 109 Å². The molecule has 0 aliphatic heterocycles. The zero-order chi connectivity index (χ0) is 20.2. The molecule has 2 rings (SSSR count). The molecule has 2 aromatic carbocycles. The fraction of sp³-hybridized carbons (Fsp3) is 0.235. The lowest BCUT2D eigenvalue weighted by Crippen LogP contribution is -2.43. The zero-order valence-electron chi connectivity index (χ0n) is 13.8. The molecule has 0 bridgehead atoms. The molecule has 0 heterocycles. The summed E-state index contributed by atoms with van der Waals surface area (Å²) in [5.41, 5.74) is 1.85. The van der Waals surface area contributed by atoms with Crippen LogP contribution in [0, 0.1) is 0 Å². The van der Waals surface area contributed by atoms with E-state index in [1.54, 1.807) is 36.4 Å². The predicted octanol–water partition coefficient (Wildman–Crippen LogP) is 2.29. The van der Waals surface area contributed by atoms with Crippen LogP contribution >= 0.6 is 23.2 Å². The number of hydrogen-bond acceptors (Lipinski definition) is 4. The highest BCUT2D eigenvalue weighted by molar-refractivity contribution is 7.89. The van der Waals surface area contributed by atoms with Gasteiger partial charge >= 0.3 is 0 Å². The summed E-state index contributed by atoms with van der Waals surface area (Å²) >= 11 is 10.8. The van der Waals surface area contributed by atoms with Crippen molar-refractivity contribution < 1.29 is 22.7 Å². The van der Waals surface area contributed by atoms with Crippen LogP contribution in [0.3, 0.4) is 0 Å². The van der Waals surface area contributed by atoms with Crippen molar-refractivity contribution in [2.24, 2.45) is 5.14 Å². The molecule has 2 unspecified atom stereocenters. The van der Waals surface area contributed by atoms with Crippen molar-refractivity contribution in [1.29, 1.82) is 0 Å². The first-order chi connectivity index (χ1) is 12.6. The number of sulfonamides is 1. The van der Waals surface area contributed by atoms with Gasteiger partial charge in [-0.05, 0) is 28.8 Å². The zero-order valence-corrected chi connectivity index (χ0v) is 16.2. The summed E-state index contributed by atoms with van der Waals surface area (Å²) < 4.78 is 35.7. The Morgan fingerprint density at radius 3 is 1.96 bits per heavy atom. The first-order valence-corrected chi connectivity index (χ1v) is 10.1. The number of aliphatic hydroxyl groups excluding tert-OH is 1. The third-order valence-corrected chi connectivity index (χ3v) is 5.17. The highest BCUT2D eigenvalue weighted by atomic mass is 35.5. The predicted molar refractivity (Wildman–Crippen MR) is 102 cm³/mol. The van der Waals surface area contributed by atoms with Gasteiger partial charge in [-0.25, -0.2) is 17.9 Å². The van der Waals surface area contributed by atoms with Gasteiger partial charge in [-0.3, -0.25) is 4.79 Å². The van der Waals surface area contributed by atoms with E-state index in [-0.39, 0.29) is 4.90 Å². The monoisotopic (exact) mass is 434 g/mol. The lowest BCUT2D eigenvalue weighted by Gasteiger charge is -2.22. The minimum Gasteiger partial charge on any atom is -0.386 e. The highest BCUT2D eigenvalue weighted by Crippen LogP contribution is 2.25. The van der Waals surface area contributed by atoms with Crippen LogP contribution < -0.4 is 10.5 Å². The first-order valence-electron chi connectivity index (χ1n) is 7.69. The van der Waals surface area contributed by atoms with Crippen molar-refractivity contribution in [1.82, 2.24) is 5.32 Å². The average Bonchev–Trinajstić information content (AvgIpc) is 2.64. The Bertz CT molecular complexity index is 890. The molecule has 0 saturated carbocycles. The van der Waals surface area contributed by atoms with E-state index in [0.29, 0.717) is 5.56 Å². The minimum absolute atomic E-state index is 0.00305. The number of benzene rings is 2. The lowest BCUT2D eigenvalue weighted by molar-refractivity contribution is -0.121. The van der Waals surface area contributed by atoms with Gasteiger partial charge in [0.05, 0.1) is 10.9 Å². The third kappa shape index (κ3) is 5.63. The molecule has 0 aromatic heterocycles. The summed E-state index contributed by atoms with van der Waals surface area (Å²) in [6, 6.07) is 11.3. The van der Waals surface area contributed by atoms with Crippen molar-refractivity contribution in [2.75, 3.05) is 6.67 Å². The molecule has 6 nitrogen and oxygen atoms in total. The Hall–Kier alpha value is -1.71. The molecule has 146 valence electrons. The van der Waals surface area contributed by atoms with Crippen LogP contribution in [0.15, 0.2) is 53.4 Å². The standard InChI is InChI=1S/C17H17Cl2FN2O4S/c18-16(19)17(24)22-14(9-20)15(23)12-3-1-10(2-4-12)11-5-7-13(8-6-11)27(21,25)26/h1-8,14-16,23H,9H2,(H,22,24)(H2,21,25,26). The number of primary sulfonamides is 1. The van der Waals surface area contributed by atoms with Crippen molar-refractivity contribution in [3.8, 4) is 11.1 Å². The second-order valence-electron chi connectivity index (χ2n) is 5.71. The number of nitrogens with two attached hydrogens (primary N) is 1. The number of carbonyl (C=O) groups is 1. The Morgan fingerprint density at radius 2 is 1.56 bits per heavy atom. The second kappa shape index (κ2) is 8.99. The number of aliphatic hydroxyl groups is 1. The van der Waals surface area contributed by atoms with Gasteiger partial charge in [0.15, 0.2) is 4.84 Å². The van der Waals surface area contributed by atoms with Crippen LogP contribution in [-0.4, -0.2) is 37.0 Å². The van der Waals surface area contributed by atoms with E-state index in [4.69, 9.17) is 28.3 Å². The highest BCUT2D eigenvalue weighted by Gasteiger charge is 2.25. The fourth-order valence-corrected chi connectivity index (χ4v) is 3.03. The Kier molecular flexibility index (Phi) is 7.19. The van der Waals surface area contributed by atoms with E-state index in [9.17, 15) is 22.7 Å². The number of alkyl halides is 3. The Balaban J connectivity index is 2.17. The summed E-state index contributed by atoms with van der Waals surface area (Å²) in [7, 11) is -3.77. The molecule has 1 amide bonds. The molecule has 2 aromatic rings. The van der Waals surface area contributed by atoms with Crippen LogP contribution in [0.2, 0.25) is 0 Å². The van der Waals surface area contributed by atoms with Crippen LogP contribution in [0.4, 0.5) is 4.39 Å². The smallest absolute Gasteiger partial charge is 0.253 e. The van der Waals surface area contributed by atoms with E-state index < -0.39 is 39.6 Å². The van der Waals surface area contributed by atoms with Gasteiger partial charge < -0.3 is 10.4 Å². The number of nitrogens with one attached hydrogen (secondary N) is 1. The number of amides is 1. The number of carbonyl (C=O) groups excluding carboxylic acids is 1. The van der Waals surface area contributed by atoms with E-state index >= 15 is 0 Å². The number of halogens is 3. The largest absolute Gasteiger partial charge is 0.386 e. The van der Waals surface area contributed by atoms with E-state index in [2.05, 4.69) is 5.32 Å². The Labute approximate surface area is 166 Å². The second-order valence-corrected chi connectivity index (χ2v) is 8.36. The van der Waals surface area contributed by atoms with Gasteiger partial charge in [0.2, 0.25) is 10.0 Å². The third-order valence-electron chi connectivity index (χ3n) is 3.84. The molecule has 10 heteroatoms. The molecule has 0 aliphatic rings. The van der Waals surface area contributed by atoms with E-state index in [0.717, 1.165) is 11.1 Å².